The number of nitrogens with zero attached hydrogens (tertiary/aromatic N) is 2. The van der Waals surface area contributed by atoms with E-state index in [0.29, 0.717) is 5.56 Å². The molecular formula is C21H23F3N2O5. The van der Waals surface area contributed by atoms with Crippen LogP contribution < -0.4 is 9.47 Å². The number of alkyl halides is 3. The average molecular weight is 440 g/mol. The van der Waals surface area contributed by atoms with E-state index in [2.05, 4.69) is 14.7 Å². The number of halogens is 3. The molecule has 2 atom stereocenters. The third-order valence-electron chi connectivity index (χ3n) is 4.75. The van der Waals surface area contributed by atoms with E-state index in [9.17, 15) is 18.0 Å². The minimum atomic E-state index is -4.72. The summed E-state index contributed by atoms with van der Waals surface area (Å²) < 4.78 is 57.7. The molecule has 3 rings (SSSR count). The van der Waals surface area contributed by atoms with Crippen molar-refractivity contribution in [3.63, 3.8) is 0 Å². The van der Waals surface area contributed by atoms with Crippen molar-refractivity contribution in [1.82, 2.24) is 9.97 Å². The van der Waals surface area contributed by atoms with Crippen LogP contribution in [-0.4, -0.2) is 41.6 Å². The molecule has 1 aromatic carbocycles. The van der Waals surface area contributed by atoms with Gasteiger partial charge in [-0.1, -0.05) is 12.1 Å². The lowest BCUT2D eigenvalue weighted by atomic mass is 9.98. The molecule has 1 saturated heterocycles. The molecular weight excluding hydrogens is 417 g/mol. The quantitative estimate of drug-likeness (QED) is 0.585. The molecule has 7 nitrogen and oxygen atoms in total. The van der Waals surface area contributed by atoms with Crippen LogP contribution in [0.5, 0.6) is 11.6 Å². The molecule has 0 spiro atoms. The lowest BCUT2D eigenvalue weighted by molar-refractivity contribution is -0.274. The van der Waals surface area contributed by atoms with Crippen LogP contribution >= 0.6 is 0 Å². The van der Waals surface area contributed by atoms with E-state index < -0.39 is 12.3 Å². The Morgan fingerprint density at radius 2 is 1.94 bits per heavy atom. The average Bonchev–Trinajstić information content (AvgIpc) is 2.73. The Hall–Kier alpha value is -2.88. The van der Waals surface area contributed by atoms with Gasteiger partial charge in [0.25, 0.3) is 0 Å². The minimum Gasteiger partial charge on any atom is -0.475 e. The Labute approximate surface area is 177 Å². The highest BCUT2D eigenvalue weighted by atomic mass is 19.4. The van der Waals surface area contributed by atoms with Crippen LogP contribution in [0.2, 0.25) is 0 Å². The zero-order valence-corrected chi connectivity index (χ0v) is 17.1. The van der Waals surface area contributed by atoms with E-state index in [1.54, 1.807) is 26.0 Å². The highest BCUT2D eigenvalue weighted by Crippen LogP contribution is 2.33. The number of hydrogen-bond acceptors (Lipinski definition) is 7. The van der Waals surface area contributed by atoms with Crippen molar-refractivity contribution >= 4 is 5.97 Å². The topological polar surface area (TPSA) is 79.8 Å². The number of benzene rings is 1. The molecule has 1 aliphatic rings. The molecule has 0 N–H and O–H groups in total. The zero-order chi connectivity index (χ0) is 22.4. The van der Waals surface area contributed by atoms with Crippen LogP contribution in [0.3, 0.4) is 0 Å². The van der Waals surface area contributed by atoms with Crippen LogP contribution in [0.4, 0.5) is 13.2 Å². The fourth-order valence-corrected chi connectivity index (χ4v) is 3.31. The van der Waals surface area contributed by atoms with Crippen LogP contribution in [0.25, 0.3) is 0 Å². The first-order valence-electron chi connectivity index (χ1n) is 9.89. The van der Waals surface area contributed by atoms with Crippen LogP contribution in [0.15, 0.2) is 30.6 Å². The van der Waals surface area contributed by atoms with Gasteiger partial charge < -0.3 is 18.9 Å². The highest BCUT2D eigenvalue weighted by molar-refractivity contribution is 5.89. The molecule has 1 aromatic heterocycles. The van der Waals surface area contributed by atoms with Gasteiger partial charge in [0.1, 0.15) is 18.7 Å². The standard InChI is InChI=1S/C21H23F3N2O5/c1-3-28-20(27)18-13(2)19(26-12-25-18)29-11-16-5-4-6-17(30-16)14-7-9-15(10-8-14)31-21(22,23)24/h7-10,12,16-17H,3-6,11H2,1-2H3. The minimum absolute atomic E-state index is 0.149. The summed E-state index contributed by atoms with van der Waals surface area (Å²) >= 11 is 0. The first-order chi connectivity index (χ1) is 14.8. The number of ether oxygens (including phenoxy) is 4. The van der Waals surface area contributed by atoms with E-state index in [1.807, 2.05) is 0 Å². The van der Waals surface area contributed by atoms with Crippen LogP contribution in [-0.2, 0) is 9.47 Å². The number of hydrogen-bond donors (Lipinski definition) is 0. The van der Waals surface area contributed by atoms with E-state index >= 15 is 0 Å². The van der Waals surface area contributed by atoms with E-state index in [4.69, 9.17) is 14.2 Å². The van der Waals surface area contributed by atoms with Crippen molar-refractivity contribution in [2.24, 2.45) is 0 Å². The first-order valence-corrected chi connectivity index (χ1v) is 9.89. The Kier molecular flexibility index (Phi) is 7.32. The van der Waals surface area contributed by atoms with Gasteiger partial charge in [0.05, 0.1) is 18.8 Å². The Morgan fingerprint density at radius 1 is 1.19 bits per heavy atom. The molecule has 10 heteroatoms. The summed E-state index contributed by atoms with van der Waals surface area (Å²) in [5, 5.41) is 0. The number of rotatable bonds is 7. The Morgan fingerprint density at radius 3 is 2.61 bits per heavy atom. The monoisotopic (exact) mass is 440 g/mol. The molecule has 2 heterocycles. The maximum Gasteiger partial charge on any atom is 0.573 e. The van der Waals surface area contributed by atoms with E-state index in [0.717, 1.165) is 24.8 Å². The van der Waals surface area contributed by atoms with Crippen molar-refractivity contribution in [3.05, 3.63) is 47.4 Å². The fourth-order valence-electron chi connectivity index (χ4n) is 3.31. The van der Waals surface area contributed by atoms with Crippen molar-refractivity contribution in [1.29, 1.82) is 0 Å². The number of carbonyl (C=O) groups is 1. The van der Waals surface area contributed by atoms with Gasteiger partial charge in [-0.05, 0) is 50.8 Å². The Balaban J connectivity index is 1.59. The lowest BCUT2D eigenvalue weighted by Gasteiger charge is -2.30. The molecule has 2 unspecified atom stereocenters. The molecule has 1 fully saturated rings. The summed E-state index contributed by atoms with van der Waals surface area (Å²) in [7, 11) is 0. The molecule has 0 bridgehead atoms. The number of carbonyl (C=O) groups excluding carboxylic acids is 1. The van der Waals surface area contributed by atoms with Crippen molar-refractivity contribution in [3.8, 4) is 11.6 Å². The third kappa shape index (κ3) is 6.30. The van der Waals surface area contributed by atoms with Gasteiger partial charge in [-0.25, -0.2) is 14.8 Å². The van der Waals surface area contributed by atoms with Gasteiger partial charge >= 0.3 is 12.3 Å². The normalized spacial score (nSPS) is 19.0. The fraction of sp³-hybridized carbons (Fsp3) is 0.476. The van der Waals surface area contributed by atoms with E-state index in [1.165, 1.54) is 18.5 Å². The van der Waals surface area contributed by atoms with E-state index in [-0.39, 0.29) is 42.7 Å². The number of aromatic nitrogens is 2. The summed E-state index contributed by atoms with van der Waals surface area (Å²) in [5.41, 5.74) is 1.39. The van der Waals surface area contributed by atoms with Crippen LogP contribution in [0.1, 0.15) is 53.9 Å². The van der Waals surface area contributed by atoms with Gasteiger partial charge in [0.2, 0.25) is 5.88 Å². The molecule has 168 valence electrons. The van der Waals surface area contributed by atoms with Gasteiger partial charge in [0.15, 0.2) is 5.69 Å². The molecule has 0 saturated carbocycles. The molecule has 0 radical (unpaired) electrons. The summed E-state index contributed by atoms with van der Waals surface area (Å²) in [5.74, 6) is -0.541. The predicted octanol–water partition coefficient (Wildman–Crippen LogP) is 4.55. The molecule has 2 aromatic rings. The third-order valence-corrected chi connectivity index (χ3v) is 4.75. The van der Waals surface area contributed by atoms with Gasteiger partial charge in [-0.3, -0.25) is 0 Å². The molecule has 0 aliphatic carbocycles. The van der Waals surface area contributed by atoms with Gasteiger partial charge in [-0.15, -0.1) is 13.2 Å². The smallest absolute Gasteiger partial charge is 0.475 e. The Bertz CT molecular complexity index is 890. The largest absolute Gasteiger partial charge is 0.573 e. The lowest BCUT2D eigenvalue weighted by Crippen LogP contribution is -2.28. The second-order valence-electron chi connectivity index (χ2n) is 6.98. The van der Waals surface area contributed by atoms with Crippen LogP contribution in [0, 0.1) is 6.92 Å². The molecule has 0 amide bonds. The SMILES string of the molecule is CCOC(=O)c1ncnc(OCC2CCCC(c3ccc(OC(F)(F)F)cc3)O2)c1C. The summed E-state index contributed by atoms with van der Waals surface area (Å²) in [6.07, 6.45) is -1.59. The summed E-state index contributed by atoms with van der Waals surface area (Å²) in [6.45, 7) is 3.83. The zero-order valence-electron chi connectivity index (χ0n) is 17.1. The second kappa shape index (κ2) is 9.95. The van der Waals surface area contributed by atoms with Gasteiger partial charge in [0, 0.05) is 5.56 Å². The number of esters is 1. The van der Waals surface area contributed by atoms with Crippen molar-refractivity contribution < 1.29 is 36.9 Å². The summed E-state index contributed by atoms with van der Waals surface area (Å²) in [6, 6.07) is 5.67. The maximum absolute atomic E-state index is 12.3. The first kappa shape index (κ1) is 22.8. The van der Waals surface area contributed by atoms with Gasteiger partial charge in [-0.2, -0.15) is 0 Å². The highest BCUT2D eigenvalue weighted by Gasteiger charge is 2.31. The molecule has 31 heavy (non-hydrogen) atoms. The molecule has 1 aliphatic heterocycles. The second-order valence-corrected chi connectivity index (χ2v) is 6.98. The maximum atomic E-state index is 12.3. The van der Waals surface area contributed by atoms with Crippen molar-refractivity contribution in [2.45, 2.75) is 51.7 Å². The van der Waals surface area contributed by atoms with Crippen molar-refractivity contribution in [2.75, 3.05) is 13.2 Å². The predicted molar refractivity (Wildman–Crippen MR) is 103 cm³/mol. The summed E-state index contributed by atoms with van der Waals surface area (Å²) in [4.78, 5) is 20.0.